The van der Waals surface area contributed by atoms with Crippen LogP contribution in [0.5, 0.6) is 0 Å². The van der Waals surface area contributed by atoms with Gasteiger partial charge in [0, 0.05) is 62.7 Å². The molecule has 36 heavy (non-hydrogen) atoms. The summed E-state index contributed by atoms with van der Waals surface area (Å²) in [5, 5.41) is 1.28. The van der Waals surface area contributed by atoms with Crippen LogP contribution in [0.4, 0.5) is 16.0 Å². The largest absolute Gasteiger partial charge is 0.381 e. The summed E-state index contributed by atoms with van der Waals surface area (Å²) in [6.45, 7) is 6.31. The number of aromatic nitrogens is 3. The van der Waals surface area contributed by atoms with Crippen LogP contribution >= 0.6 is 23.2 Å². The molecular weight excluding hydrogens is 504 g/mol. The first kappa shape index (κ1) is 24.7. The summed E-state index contributed by atoms with van der Waals surface area (Å²) in [4.78, 5) is 32.3. The van der Waals surface area contributed by atoms with Crippen LogP contribution in [0.1, 0.15) is 23.9 Å². The van der Waals surface area contributed by atoms with Gasteiger partial charge in [0.1, 0.15) is 5.69 Å². The fraction of sp³-hybridized carbons (Fsp3) is 0.360. The monoisotopic (exact) mass is 529 g/mol. The summed E-state index contributed by atoms with van der Waals surface area (Å²) in [5.74, 6) is -0.0710. The highest BCUT2D eigenvalue weighted by Gasteiger charge is 2.28. The molecule has 1 saturated heterocycles. The molecule has 11 heteroatoms. The second-order valence-corrected chi connectivity index (χ2v) is 9.89. The van der Waals surface area contributed by atoms with Crippen LogP contribution in [-0.2, 0) is 24.3 Å². The number of pyridine rings is 1. The smallest absolute Gasteiger partial charge is 0.219 e. The number of carbonyl (C=O) groups is 1. The number of carbonyl (C=O) groups excluding carboxylic acids is 1. The van der Waals surface area contributed by atoms with Crippen molar-refractivity contribution in [3.8, 4) is 11.4 Å². The summed E-state index contributed by atoms with van der Waals surface area (Å²) < 4.78 is 13.9. The molecule has 2 aromatic heterocycles. The van der Waals surface area contributed by atoms with Gasteiger partial charge in [-0.05, 0) is 29.8 Å². The predicted octanol–water partition coefficient (Wildman–Crippen LogP) is 3.79. The Morgan fingerprint density at radius 1 is 1.03 bits per heavy atom. The number of anilines is 2. The molecule has 2 aliphatic rings. The number of amides is 1. The fourth-order valence-corrected chi connectivity index (χ4v) is 5.05. The molecule has 5 rings (SSSR count). The van der Waals surface area contributed by atoms with E-state index in [1.54, 1.807) is 24.0 Å². The number of halogens is 3. The van der Waals surface area contributed by atoms with E-state index in [-0.39, 0.29) is 11.7 Å². The lowest BCUT2D eigenvalue weighted by atomic mass is 10.1. The molecule has 188 valence electrons. The molecule has 0 atom stereocenters. The molecule has 0 unspecified atom stereocenters. The quantitative estimate of drug-likeness (QED) is 0.549. The number of nitrogens with zero attached hydrogens (tertiary/aromatic N) is 6. The van der Waals surface area contributed by atoms with Crippen LogP contribution in [0.15, 0.2) is 30.3 Å². The summed E-state index contributed by atoms with van der Waals surface area (Å²) in [6, 6.07) is 8.42. The van der Waals surface area contributed by atoms with Crippen molar-refractivity contribution in [2.24, 2.45) is 0 Å². The lowest BCUT2D eigenvalue weighted by Crippen LogP contribution is -2.46. The lowest BCUT2D eigenvalue weighted by molar-refractivity contribution is -0.129. The average Bonchev–Trinajstić information content (AvgIpc) is 2.86. The van der Waals surface area contributed by atoms with E-state index in [0.29, 0.717) is 46.8 Å². The van der Waals surface area contributed by atoms with Gasteiger partial charge in [-0.25, -0.2) is 19.3 Å². The molecule has 1 aromatic carbocycles. The highest BCUT2D eigenvalue weighted by atomic mass is 35.5. The molecule has 0 spiro atoms. The molecule has 0 aliphatic carbocycles. The number of benzene rings is 1. The minimum Gasteiger partial charge on any atom is -0.381 e. The molecule has 2 N–H and O–H groups in total. The Balaban J connectivity index is 1.42. The first-order chi connectivity index (χ1) is 17.3. The van der Waals surface area contributed by atoms with Crippen molar-refractivity contribution in [2.75, 3.05) is 43.4 Å². The first-order valence-electron chi connectivity index (χ1n) is 11.8. The van der Waals surface area contributed by atoms with Crippen LogP contribution in [-0.4, -0.2) is 63.4 Å². The number of hydrogen-bond acceptors (Lipinski definition) is 7. The third-order valence-electron chi connectivity index (χ3n) is 6.63. The summed E-state index contributed by atoms with van der Waals surface area (Å²) in [5.41, 5.74) is 9.40. The minimum atomic E-state index is -0.580. The van der Waals surface area contributed by atoms with Crippen molar-refractivity contribution in [3.05, 3.63) is 63.1 Å². The van der Waals surface area contributed by atoms with Gasteiger partial charge >= 0.3 is 0 Å². The number of fused-ring (bicyclic) bond motifs is 1. The van der Waals surface area contributed by atoms with Gasteiger partial charge in [-0.1, -0.05) is 29.3 Å². The van der Waals surface area contributed by atoms with Crippen molar-refractivity contribution < 1.29 is 9.18 Å². The maximum Gasteiger partial charge on any atom is 0.219 e. The first-order valence-corrected chi connectivity index (χ1v) is 12.5. The third-order valence-corrected chi connectivity index (χ3v) is 7.22. The lowest BCUT2D eigenvalue weighted by Gasteiger charge is -2.37. The van der Waals surface area contributed by atoms with Crippen molar-refractivity contribution in [3.63, 3.8) is 0 Å². The van der Waals surface area contributed by atoms with Crippen molar-refractivity contribution >= 4 is 40.7 Å². The summed E-state index contributed by atoms with van der Waals surface area (Å²) >= 11 is 12.4. The molecule has 2 aliphatic heterocycles. The van der Waals surface area contributed by atoms with E-state index in [0.717, 1.165) is 49.7 Å². The molecular formula is C25H26Cl2FN7O. The maximum atomic E-state index is 13.9. The zero-order valence-electron chi connectivity index (χ0n) is 19.8. The van der Waals surface area contributed by atoms with E-state index >= 15 is 0 Å². The maximum absolute atomic E-state index is 13.9. The predicted molar refractivity (Wildman–Crippen MR) is 138 cm³/mol. The molecule has 0 radical (unpaired) electrons. The van der Waals surface area contributed by atoms with Crippen LogP contribution in [0.25, 0.3) is 11.4 Å². The molecule has 1 fully saturated rings. The highest BCUT2D eigenvalue weighted by molar-refractivity contribution is 6.35. The Kier molecular flexibility index (Phi) is 6.96. The van der Waals surface area contributed by atoms with E-state index in [1.807, 2.05) is 12.1 Å². The molecule has 1 amide bonds. The molecule has 4 heterocycles. The Morgan fingerprint density at radius 2 is 1.81 bits per heavy atom. The van der Waals surface area contributed by atoms with Gasteiger partial charge in [0.2, 0.25) is 5.91 Å². The van der Waals surface area contributed by atoms with Crippen LogP contribution in [0.2, 0.25) is 10.0 Å². The van der Waals surface area contributed by atoms with Gasteiger partial charge in [0.05, 0.1) is 23.6 Å². The number of piperazine rings is 1. The SMILES string of the molecule is CC(=O)N1CCc2nc(N3CCN(Cc4ccc(Cl)cc4Cl)CC3)c(-c3ccc(F)c(N)n3)nc2C1. The molecule has 0 bridgehead atoms. The van der Waals surface area contributed by atoms with Crippen LogP contribution < -0.4 is 10.6 Å². The van der Waals surface area contributed by atoms with E-state index < -0.39 is 5.82 Å². The van der Waals surface area contributed by atoms with Gasteiger partial charge in [0.25, 0.3) is 0 Å². The third kappa shape index (κ3) is 5.09. The van der Waals surface area contributed by atoms with Gasteiger partial charge in [-0.3, -0.25) is 9.69 Å². The zero-order valence-corrected chi connectivity index (χ0v) is 21.4. The molecule has 8 nitrogen and oxygen atoms in total. The second kappa shape index (κ2) is 10.2. The van der Waals surface area contributed by atoms with Gasteiger partial charge < -0.3 is 15.5 Å². The van der Waals surface area contributed by atoms with E-state index in [4.69, 9.17) is 38.9 Å². The van der Waals surface area contributed by atoms with Gasteiger partial charge in [-0.15, -0.1) is 0 Å². The van der Waals surface area contributed by atoms with E-state index in [1.165, 1.54) is 6.07 Å². The number of rotatable bonds is 4. The number of nitrogens with two attached hydrogens (primary N) is 1. The van der Waals surface area contributed by atoms with Gasteiger partial charge in [0.15, 0.2) is 17.5 Å². The number of hydrogen-bond donors (Lipinski definition) is 1. The Bertz CT molecular complexity index is 1310. The van der Waals surface area contributed by atoms with Gasteiger partial charge in [-0.2, -0.15) is 0 Å². The second-order valence-electron chi connectivity index (χ2n) is 9.04. The van der Waals surface area contributed by atoms with Crippen molar-refractivity contribution in [1.29, 1.82) is 0 Å². The molecule has 3 aromatic rings. The topological polar surface area (TPSA) is 91.5 Å². The summed E-state index contributed by atoms with van der Waals surface area (Å²) in [7, 11) is 0. The fourth-order valence-electron chi connectivity index (χ4n) is 4.58. The zero-order chi connectivity index (χ0) is 25.4. The van der Waals surface area contributed by atoms with Crippen LogP contribution in [0, 0.1) is 5.82 Å². The normalized spacial score (nSPS) is 16.2. The highest BCUT2D eigenvalue weighted by Crippen LogP contribution is 2.31. The Morgan fingerprint density at radius 3 is 2.50 bits per heavy atom. The van der Waals surface area contributed by atoms with Crippen molar-refractivity contribution in [1.82, 2.24) is 24.8 Å². The molecule has 0 saturated carbocycles. The number of nitrogen functional groups attached to an aromatic ring is 1. The minimum absolute atomic E-state index is 0.00543. The van der Waals surface area contributed by atoms with Crippen LogP contribution in [0.3, 0.4) is 0 Å². The average molecular weight is 530 g/mol. The van der Waals surface area contributed by atoms with E-state index in [2.05, 4.69) is 14.8 Å². The van der Waals surface area contributed by atoms with E-state index in [9.17, 15) is 9.18 Å². The van der Waals surface area contributed by atoms with Crippen molar-refractivity contribution in [2.45, 2.75) is 26.4 Å². The standard InChI is InChI=1S/C25H26Cl2FN7O/c1-15(36)35-7-6-20-22(14-35)30-23(21-5-4-19(28)24(29)31-21)25(32-20)34-10-8-33(9-11-34)13-16-2-3-17(26)12-18(16)27/h2-5,12H,6-11,13-14H2,1H3,(H2,29,31). The Labute approximate surface area is 218 Å². The Hall–Kier alpha value is -3.01. The summed E-state index contributed by atoms with van der Waals surface area (Å²) in [6.07, 6.45) is 0.628.